The third-order valence-electron chi connectivity index (χ3n) is 4.69. The van der Waals surface area contributed by atoms with Crippen LogP contribution in [0.2, 0.25) is 0 Å². The molecule has 1 aliphatic rings. The third-order valence-corrected chi connectivity index (χ3v) is 4.69. The number of benzene rings is 1. The maximum Gasteiger partial charge on any atom is 0.242 e. The molecule has 1 saturated heterocycles. The molecule has 0 bridgehead atoms. The van der Waals surface area contributed by atoms with Gasteiger partial charge in [0.15, 0.2) is 0 Å². The summed E-state index contributed by atoms with van der Waals surface area (Å²) >= 11 is 0. The maximum absolute atomic E-state index is 12.5. The van der Waals surface area contributed by atoms with Crippen LogP contribution >= 0.6 is 0 Å². The minimum atomic E-state index is -0.0176. The molecule has 0 unspecified atom stereocenters. The number of amides is 2. The second-order valence-corrected chi connectivity index (χ2v) is 7.31. The Balaban J connectivity index is 1.80. The molecule has 1 fully saturated rings. The van der Waals surface area contributed by atoms with Gasteiger partial charge in [-0.3, -0.25) is 9.59 Å². The highest BCUT2D eigenvalue weighted by Gasteiger charge is 2.25. The van der Waals surface area contributed by atoms with Gasteiger partial charge in [0.25, 0.3) is 0 Å². The number of hydrogen-bond donors (Lipinski definition) is 0. The number of likely N-dealkylation sites (tertiary alicyclic amines) is 1. The van der Waals surface area contributed by atoms with Gasteiger partial charge in [0.1, 0.15) is 0 Å². The highest BCUT2D eigenvalue weighted by Crippen LogP contribution is 2.21. The SMILES string of the molecule is CC(=O)N(CC(=O)N1CCC(Cc2ccccc2)CC1)CC(C)C. The number of hydrogen-bond acceptors (Lipinski definition) is 2. The second kappa shape index (κ2) is 8.86. The molecule has 1 heterocycles. The molecule has 0 saturated carbocycles. The first-order valence-electron chi connectivity index (χ1n) is 9.03. The van der Waals surface area contributed by atoms with Crippen molar-refractivity contribution in [2.45, 2.75) is 40.0 Å². The van der Waals surface area contributed by atoms with Crippen molar-refractivity contribution in [2.75, 3.05) is 26.2 Å². The van der Waals surface area contributed by atoms with Crippen LogP contribution in [0.4, 0.5) is 0 Å². The number of carbonyl (C=O) groups is 2. The zero-order valence-corrected chi connectivity index (χ0v) is 15.2. The van der Waals surface area contributed by atoms with E-state index >= 15 is 0 Å². The molecule has 1 aromatic carbocycles. The van der Waals surface area contributed by atoms with Gasteiger partial charge >= 0.3 is 0 Å². The molecule has 1 aromatic rings. The number of nitrogens with zero attached hydrogens (tertiary/aromatic N) is 2. The fraction of sp³-hybridized carbons (Fsp3) is 0.600. The van der Waals surface area contributed by atoms with Crippen LogP contribution in [-0.4, -0.2) is 47.8 Å². The molecule has 132 valence electrons. The fourth-order valence-electron chi connectivity index (χ4n) is 3.34. The number of carbonyl (C=O) groups excluding carboxylic acids is 2. The topological polar surface area (TPSA) is 40.6 Å². The largest absolute Gasteiger partial charge is 0.341 e. The Bertz CT molecular complexity index is 534. The molecule has 1 aliphatic heterocycles. The summed E-state index contributed by atoms with van der Waals surface area (Å²) in [6.07, 6.45) is 3.19. The van der Waals surface area contributed by atoms with Gasteiger partial charge < -0.3 is 9.80 Å². The Kier molecular flexibility index (Phi) is 6.83. The molecule has 24 heavy (non-hydrogen) atoms. The number of piperidine rings is 1. The lowest BCUT2D eigenvalue weighted by Crippen LogP contribution is -2.46. The summed E-state index contributed by atoms with van der Waals surface area (Å²) in [6.45, 7) is 8.16. The van der Waals surface area contributed by atoms with Gasteiger partial charge in [-0.1, -0.05) is 44.2 Å². The van der Waals surface area contributed by atoms with E-state index in [1.165, 1.54) is 5.56 Å². The molecular formula is C20H30N2O2. The number of rotatable bonds is 6. The van der Waals surface area contributed by atoms with E-state index in [2.05, 4.69) is 38.1 Å². The van der Waals surface area contributed by atoms with Gasteiger partial charge in [0.05, 0.1) is 6.54 Å². The van der Waals surface area contributed by atoms with Gasteiger partial charge in [-0.2, -0.15) is 0 Å². The van der Waals surface area contributed by atoms with Crippen molar-refractivity contribution in [3.8, 4) is 0 Å². The van der Waals surface area contributed by atoms with Gasteiger partial charge in [0, 0.05) is 26.6 Å². The van der Waals surface area contributed by atoms with Gasteiger partial charge in [0.2, 0.25) is 11.8 Å². The van der Waals surface area contributed by atoms with Gasteiger partial charge in [-0.05, 0) is 36.7 Å². The minimum absolute atomic E-state index is 0.0176. The molecule has 0 radical (unpaired) electrons. The molecular weight excluding hydrogens is 300 g/mol. The lowest BCUT2D eigenvalue weighted by atomic mass is 9.90. The van der Waals surface area contributed by atoms with E-state index < -0.39 is 0 Å². The summed E-state index contributed by atoms with van der Waals surface area (Å²) < 4.78 is 0. The summed E-state index contributed by atoms with van der Waals surface area (Å²) in [6, 6.07) is 10.6. The first-order valence-corrected chi connectivity index (χ1v) is 9.03. The Morgan fingerprint density at radius 1 is 1.17 bits per heavy atom. The van der Waals surface area contributed by atoms with Crippen LogP contribution in [0.3, 0.4) is 0 Å². The summed E-state index contributed by atoms with van der Waals surface area (Å²) in [5, 5.41) is 0. The minimum Gasteiger partial charge on any atom is -0.341 e. The maximum atomic E-state index is 12.5. The van der Waals surface area contributed by atoms with Crippen LogP contribution in [-0.2, 0) is 16.0 Å². The Labute approximate surface area is 145 Å². The van der Waals surface area contributed by atoms with Crippen molar-refractivity contribution in [3.05, 3.63) is 35.9 Å². The van der Waals surface area contributed by atoms with Crippen LogP contribution in [0.15, 0.2) is 30.3 Å². The van der Waals surface area contributed by atoms with Crippen LogP contribution in [0.25, 0.3) is 0 Å². The summed E-state index contributed by atoms with van der Waals surface area (Å²) in [5.41, 5.74) is 1.38. The average molecular weight is 330 g/mol. The van der Waals surface area contributed by atoms with Crippen LogP contribution in [0.5, 0.6) is 0 Å². The van der Waals surface area contributed by atoms with E-state index in [0.29, 0.717) is 18.4 Å². The van der Waals surface area contributed by atoms with E-state index in [0.717, 1.165) is 32.4 Å². The van der Waals surface area contributed by atoms with E-state index in [9.17, 15) is 9.59 Å². The van der Waals surface area contributed by atoms with Gasteiger partial charge in [-0.25, -0.2) is 0 Å². The summed E-state index contributed by atoms with van der Waals surface area (Å²) in [5.74, 6) is 1.09. The van der Waals surface area contributed by atoms with Crippen LogP contribution in [0, 0.1) is 11.8 Å². The molecule has 2 rings (SSSR count). The Morgan fingerprint density at radius 3 is 2.33 bits per heavy atom. The normalized spacial score (nSPS) is 15.6. The molecule has 0 aromatic heterocycles. The van der Waals surface area contributed by atoms with E-state index in [1.807, 2.05) is 11.0 Å². The van der Waals surface area contributed by atoms with Crippen LogP contribution in [0.1, 0.15) is 39.2 Å². The predicted octanol–water partition coefficient (Wildman–Crippen LogP) is 2.97. The predicted molar refractivity (Wildman–Crippen MR) is 96.5 cm³/mol. The first kappa shape index (κ1) is 18.5. The van der Waals surface area contributed by atoms with Crippen molar-refractivity contribution in [1.29, 1.82) is 0 Å². The lowest BCUT2D eigenvalue weighted by molar-refractivity contribution is -0.140. The first-order chi connectivity index (χ1) is 11.5. The molecule has 4 heteroatoms. The van der Waals surface area contributed by atoms with Crippen molar-refractivity contribution < 1.29 is 9.59 Å². The Morgan fingerprint density at radius 2 is 1.79 bits per heavy atom. The molecule has 2 amide bonds. The van der Waals surface area contributed by atoms with Crippen molar-refractivity contribution in [3.63, 3.8) is 0 Å². The van der Waals surface area contributed by atoms with Gasteiger partial charge in [-0.15, -0.1) is 0 Å². The molecule has 0 aliphatic carbocycles. The quantitative estimate of drug-likeness (QED) is 0.804. The third kappa shape index (κ3) is 5.66. The molecule has 0 N–H and O–H groups in total. The van der Waals surface area contributed by atoms with Crippen LogP contribution < -0.4 is 0 Å². The second-order valence-electron chi connectivity index (χ2n) is 7.31. The lowest BCUT2D eigenvalue weighted by Gasteiger charge is -2.34. The smallest absolute Gasteiger partial charge is 0.242 e. The highest BCUT2D eigenvalue weighted by atomic mass is 16.2. The zero-order valence-electron chi connectivity index (χ0n) is 15.2. The fourth-order valence-corrected chi connectivity index (χ4v) is 3.34. The monoisotopic (exact) mass is 330 g/mol. The van der Waals surface area contributed by atoms with Crippen molar-refractivity contribution in [1.82, 2.24) is 9.80 Å². The van der Waals surface area contributed by atoms with E-state index in [-0.39, 0.29) is 18.4 Å². The van der Waals surface area contributed by atoms with Crippen molar-refractivity contribution in [2.24, 2.45) is 11.8 Å². The zero-order chi connectivity index (χ0) is 17.5. The molecule has 0 atom stereocenters. The average Bonchev–Trinajstić information content (AvgIpc) is 2.55. The van der Waals surface area contributed by atoms with Crippen molar-refractivity contribution >= 4 is 11.8 Å². The highest BCUT2D eigenvalue weighted by molar-refractivity contribution is 5.83. The van der Waals surface area contributed by atoms with E-state index in [4.69, 9.17) is 0 Å². The molecule has 0 spiro atoms. The Hall–Kier alpha value is -1.84. The summed E-state index contributed by atoms with van der Waals surface area (Å²) in [4.78, 5) is 27.8. The van der Waals surface area contributed by atoms with E-state index in [1.54, 1.807) is 11.8 Å². The summed E-state index contributed by atoms with van der Waals surface area (Å²) in [7, 11) is 0. The standard InChI is InChI=1S/C20H30N2O2/c1-16(2)14-22(17(3)23)15-20(24)21-11-9-19(10-12-21)13-18-7-5-4-6-8-18/h4-8,16,19H,9-15H2,1-3H3. The molecule has 4 nitrogen and oxygen atoms in total.